The Kier molecular flexibility index (Phi) is 16.6. The molecule has 0 nitrogen and oxygen atoms in total. The Morgan fingerprint density at radius 1 is 0.349 bits per heavy atom. The molecule has 0 aromatic heterocycles. The Hall–Kier alpha value is -2.01. The first-order valence-electron chi connectivity index (χ1n) is 16.3. The molecule has 0 bridgehead atoms. The molecule has 0 aliphatic carbocycles. The minimum atomic E-state index is -0.490. The van der Waals surface area contributed by atoms with Crippen molar-refractivity contribution in [3.63, 3.8) is 0 Å². The zero-order valence-electron chi connectivity index (χ0n) is 27.3. The summed E-state index contributed by atoms with van der Waals surface area (Å²) in [6.45, 7) is 14.0. The number of benzene rings is 4. The van der Waals surface area contributed by atoms with Gasteiger partial charge in [0.1, 0.15) is 0 Å². The van der Waals surface area contributed by atoms with Crippen LogP contribution < -0.4 is 0 Å². The van der Waals surface area contributed by atoms with Crippen molar-refractivity contribution in [3.8, 4) is 0 Å². The van der Waals surface area contributed by atoms with Crippen molar-refractivity contribution in [1.82, 2.24) is 0 Å². The molecule has 0 amide bonds. The van der Waals surface area contributed by atoms with E-state index in [0.29, 0.717) is 0 Å². The van der Waals surface area contributed by atoms with Gasteiger partial charge in [0.05, 0.1) is 0 Å². The summed E-state index contributed by atoms with van der Waals surface area (Å²) in [6.07, 6.45) is 0. The van der Waals surface area contributed by atoms with Crippen molar-refractivity contribution in [2.75, 3.05) is 0 Å². The van der Waals surface area contributed by atoms with E-state index in [1.165, 1.54) is 73.7 Å². The van der Waals surface area contributed by atoms with Gasteiger partial charge in [-0.3, -0.25) is 0 Å². The molecule has 0 spiro atoms. The van der Waals surface area contributed by atoms with Crippen LogP contribution in [0.3, 0.4) is 0 Å². The van der Waals surface area contributed by atoms with E-state index in [4.69, 9.17) is 0 Å². The van der Waals surface area contributed by atoms with Crippen molar-refractivity contribution >= 4 is 64.1 Å². The molecule has 0 N–H and O–H groups in total. The summed E-state index contributed by atoms with van der Waals surface area (Å²) in [5, 5.41) is 9.12. The first-order chi connectivity index (χ1) is 21.1. The van der Waals surface area contributed by atoms with Gasteiger partial charge < -0.3 is 0 Å². The topological polar surface area (TPSA) is 0 Å². The van der Waals surface area contributed by atoms with E-state index in [0.717, 1.165) is 0 Å². The predicted octanol–water partition coefficient (Wildman–Crippen LogP) is 11.9. The normalized spacial score (nSPS) is 12.7. The van der Waals surface area contributed by atoms with Crippen molar-refractivity contribution in [3.05, 3.63) is 144 Å². The first kappa shape index (κ1) is 35.5. The van der Waals surface area contributed by atoms with E-state index < -0.39 is 44.1 Å². The molecule has 0 saturated heterocycles. The molecular weight excluding hydrogens is 698 g/mol. The van der Waals surface area contributed by atoms with Gasteiger partial charge >= 0.3 is 281 Å². The van der Waals surface area contributed by atoms with Crippen LogP contribution in [-0.2, 0) is 0 Å². The molecule has 0 atom stereocenters. The van der Waals surface area contributed by atoms with E-state index in [2.05, 4.69) is 163 Å². The number of allylic oxidation sites excluding steroid dienone is 2. The summed E-state index contributed by atoms with van der Waals surface area (Å²) in [6, 6.07) is 43.7. The van der Waals surface area contributed by atoms with E-state index in [-0.39, 0.29) is 0 Å². The monoisotopic (exact) mass is 752 g/mol. The molecule has 43 heavy (non-hydrogen) atoms. The third-order valence-electron chi connectivity index (χ3n) is 8.25. The van der Waals surface area contributed by atoms with Gasteiger partial charge in [0.15, 0.2) is 0 Å². The second-order valence-electron chi connectivity index (χ2n) is 10.7. The Labute approximate surface area is 278 Å². The van der Waals surface area contributed by atoms with Crippen LogP contribution in [0.1, 0.15) is 63.8 Å². The average molecular weight is 749 g/mol. The summed E-state index contributed by atoms with van der Waals surface area (Å²) in [7, 11) is 0. The van der Waals surface area contributed by atoms with Crippen LogP contribution in [0, 0.1) is 0 Å². The van der Waals surface area contributed by atoms with Crippen molar-refractivity contribution in [2.45, 2.75) is 73.1 Å². The van der Waals surface area contributed by atoms with Crippen LogP contribution in [0.5, 0.6) is 0 Å². The first-order valence-corrected chi connectivity index (χ1v) is 27.3. The third-order valence-corrected chi connectivity index (χ3v) is 24.1. The van der Waals surface area contributed by atoms with Gasteiger partial charge in [0.2, 0.25) is 0 Å². The van der Waals surface area contributed by atoms with E-state index >= 15 is 0 Å². The molecule has 0 unspecified atom stereocenters. The SMILES string of the molecule is C[CH2][Ge]([CH2]C)[CH2]C.C[CH2][Ge]([CH2]C)[CH2]C.c1ccc([C]2=C(c3ccccc3)C(c3ccccc3)=[C](c3ccccc3)[Ge]2)cc1. The molecule has 1 aliphatic rings. The molecule has 3 heteroatoms. The standard InChI is InChI=1S/C28H20Ge.2C6H15Ge/c1-5-13-21(14-6-1)25-26(22-15-7-2-8-16-22)28(24-19-11-4-12-20-24)29-27(25)23-17-9-3-10-18-23;2*1-4-7(5-2)6-3/h1-20H;2*4-6H2,1-3H3. The zero-order valence-corrected chi connectivity index (χ0v) is 33.6. The van der Waals surface area contributed by atoms with Gasteiger partial charge in [-0.05, 0) is 0 Å². The zero-order chi connectivity index (χ0) is 30.9. The van der Waals surface area contributed by atoms with Gasteiger partial charge in [-0.1, -0.05) is 0 Å². The molecular formula is C40H50Ge3. The van der Waals surface area contributed by atoms with Gasteiger partial charge in [0.25, 0.3) is 0 Å². The van der Waals surface area contributed by atoms with Crippen molar-refractivity contribution < 1.29 is 0 Å². The van der Waals surface area contributed by atoms with Gasteiger partial charge in [-0.25, -0.2) is 0 Å². The number of hydrogen-bond donors (Lipinski definition) is 0. The van der Waals surface area contributed by atoms with E-state index in [1.54, 1.807) is 0 Å². The fourth-order valence-corrected chi connectivity index (χ4v) is 15.2. The van der Waals surface area contributed by atoms with Gasteiger partial charge in [0, 0.05) is 0 Å². The van der Waals surface area contributed by atoms with Crippen LogP contribution in [0.15, 0.2) is 121 Å². The summed E-state index contributed by atoms with van der Waals surface area (Å²) in [5.74, 6) is 0. The predicted molar refractivity (Wildman–Crippen MR) is 200 cm³/mol. The number of hydrogen-bond acceptors (Lipinski definition) is 0. The molecule has 1 aliphatic heterocycles. The number of rotatable bonds is 10. The summed E-state index contributed by atoms with van der Waals surface area (Å²) in [4.78, 5) is 0. The third kappa shape index (κ3) is 10.5. The van der Waals surface area contributed by atoms with Crippen LogP contribution in [0.25, 0.3) is 20.0 Å². The summed E-state index contributed by atoms with van der Waals surface area (Å²) < 4.78 is 3.05. The van der Waals surface area contributed by atoms with Crippen LogP contribution in [0.2, 0.25) is 31.5 Å². The molecule has 222 valence electrons. The molecule has 1 heterocycles. The molecule has 4 aromatic carbocycles. The average Bonchev–Trinajstić information content (AvgIpc) is 3.49. The van der Waals surface area contributed by atoms with Crippen molar-refractivity contribution in [1.29, 1.82) is 0 Å². The van der Waals surface area contributed by atoms with Crippen LogP contribution in [0.4, 0.5) is 0 Å². The summed E-state index contributed by atoms with van der Waals surface area (Å²) in [5.41, 5.74) is 8.12. The quantitative estimate of drug-likeness (QED) is 0.142. The van der Waals surface area contributed by atoms with Gasteiger partial charge in [-0.2, -0.15) is 0 Å². The van der Waals surface area contributed by atoms with E-state index in [9.17, 15) is 0 Å². The van der Waals surface area contributed by atoms with E-state index in [1.807, 2.05) is 0 Å². The molecule has 0 fully saturated rings. The fraction of sp³-hybridized carbons (Fsp3) is 0.300. The Morgan fingerprint density at radius 3 is 0.791 bits per heavy atom. The molecule has 5 rings (SSSR count). The minimum absolute atomic E-state index is 0.403. The van der Waals surface area contributed by atoms with Crippen molar-refractivity contribution in [2.24, 2.45) is 0 Å². The molecule has 4 aromatic rings. The van der Waals surface area contributed by atoms with Crippen LogP contribution >= 0.6 is 0 Å². The summed E-state index contributed by atoms with van der Waals surface area (Å²) >= 11 is -1.30. The maximum atomic E-state index is 2.34. The Balaban J connectivity index is 0.000000303. The Bertz CT molecular complexity index is 1250. The molecule has 0 saturated carbocycles. The molecule has 4 radical (unpaired) electrons. The van der Waals surface area contributed by atoms with Crippen LogP contribution in [-0.4, -0.2) is 44.1 Å². The second kappa shape index (κ2) is 20.1. The van der Waals surface area contributed by atoms with Gasteiger partial charge in [-0.15, -0.1) is 0 Å². The Morgan fingerprint density at radius 2 is 0.581 bits per heavy atom. The fourth-order valence-electron chi connectivity index (χ4n) is 5.43. The second-order valence-corrected chi connectivity index (χ2v) is 28.5. The maximum absolute atomic E-state index is 2.34.